The minimum atomic E-state index is 0.325. The van der Waals surface area contributed by atoms with Crippen molar-refractivity contribution in [2.75, 3.05) is 7.11 Å². The van der Waals surface area contributed by atoms with Crippen LogP contribution in [0.2, 0.25) is 0 Å². The fourth-order valence-corrected chi connectivity index (χ4v) is 2.29. The van der Waals surface area contributed by atoms with Crippen molar-refractivity contribution in [1.82, 2.24) is 5.32 Å². The van der Waals surface area contributed by atoms with Crippen molar-refractivity contribution in [3.05, 3.63) is 65.2 Å². The lowest BCUT2D eigenvalue weighted by Gasteiger charge is -2.17. The molecule has 0 amide bonds. The van der Waals surface area contributed by atoms with Crippen LogP contribution in [-0.4, -0.2) is 7.11 Å². The summed E-state index contributed by atoms with van der Waals surface area (Å²) in [5.74, 6) is 0.937. The number of hydrogen-bond acceptors (Lipinski definition) is 2. The van der Waals surface area contributed by atoms with Gasteiger partial charge >= 0.3 is 0 Å². The maximum atomic E-state index is 5.37. The van der Waals surface area contributed by atoms with Gasteiger partial charge in [0.05, 0.1) is 7.11 Å². The van der Waals surface area contributed by atoms with Crippen LogP contribution >= 0.6 is 0 Å². The molecule has 0 saturated heterocycles. The van der Waals surface area contributed by atoms with Gasteiger partial charge < -0.3 is 10.1 Å². The van der Waals surface area contributed by atoms with Crippen LogP contribution in [0, 0.1) is 6.92 Å². The van der Waals surface area contributed by atoms with E-state index in [9.17, 15) is 0 Å². The maximum absolute atomic E-state index is 5.37. The lowest BCUT2D eigenvalue weighted by Crippen LogP contribution is -2.19. The molecule has 0 saturated carbocycles. The van der Waals surface area contributed by atoms with E-state index in [0.717, 1.165) is 12.3 Å². The van der Waals surface area contributed by atoms with E-state index in [2.05, 4.69) is 49.5 Å². The summed E-state index contributed by atoms with van der Waals surface area (Å²) in [7, 11) is 1.71. The van der Waals surface area contributed by atoms with Gasteiger partial charge in [-0.15, -0.1) is 0 Å². The van der Waals surface area contributed by atoms with Gasteiger partial charge in [-0.1, -0.05) is 42.5 Å². The summed E-state index contributed by atoms with van der Waals surface area (Å²) >= 11 is 0. The summed E-state index contributed by atoms with van der Waals surface area (Å²) in [5, 5.41) is 3.55. The molecule has 1 atom stereocenters. The number of ether oxygens (including phenoxy) is 1. The van der Waals surface area contributed by atoms with Gasteiger partial charge in [-0.3, -0.25) is 0 Å². The van der Waals surface area contributed by atoms with E-state index < -0.39 is 0 Å². The maximum Gasteiger partial charge on any atom is 0.123 e. The van der Waals surface area contributed by atoms with Gasteiger partial charge in [0.25, 0.3) is 0 Å². The summed E-state index contributed by atoms with van der Waals surface area (Å²) in [4.78, 5) is 0. The first-order chi connectivity index (χ1) is 9.22. The van der Waals surface area contributed by atoms with Crippen LogP contribution in [0.3, 0.4) is 0 Å². The van der Waals surface area contributed by atoms with E-state index >= 15 is 0 Å². The Bertz CT molecular complexity index is 536. The molecule has 100 valence electrons. The van der Waals surface area contributed by atoms with E-state index in [1.165, 1.54) is 16.7 Å². The Morgan fingerprint density at radius 3 is 2.47 bits per heavy atom. The number of benzene rings is 2. The van der Waals surface area contributed by atoms with Crippen LogP contribution in [0.5, 0.6) is 5.75 Å². The van der Waals surface area contributed by atoms with Crippen LogP contribution < -0.4 is 10.1 Å². The zero-order valence-corrected chi connectivity index (χ0v) is 11.8. The highest BCUT2D eigenvalue weighted by atomic mass is 16.5. The zero-order chi connectivity index (χ0) is 13.7. The highest BCUT2D eigenvalue weighted by molar-refractivity contribution is 5.33. The molecule has 0 bridgehead atoms. The van der Waals surface area contributed by atoms with Crippen molar-refractivity contribution in [3.63, 3.8) is 0 Å². The van der Waals surface area contributed by atoms with Gasteiger partial charge in [0.1, 0.15) is 5.75 Å². The van der Waals surface area contributed by atoms with Gasteiger partial charge in [-0.2, -0.15) is 0 Å². The molecular formula is C17H21NO. The number of nitrogens with one attached hydrogen (secondary N) is 1. The Balaban J connectivity index is 2.04. The molecule has 0 fully saturated rings. The van der Waals surface area contributed by atoms with Crippen molar-refractivity contribution in [2.24, 2.45) is 0 Å². The van der Waals surface area contributed by atoms with Crippen LogP contribution in [0.1, 0.15) is 29.7 Å². The average Bonchev–Trinajstić information content (AvgIpc) is 2.45. The lowest BCUT2D eigenvalue weighted by atomic mass is 10.0. The molecule has 0 radical (unpaired) electrons. The fraction of sp³-hybridized carbons (Fsp3) is 0.294. The Hall–Kier alpha value is -1.80. The van der Waals surface area contributed by atoms with Gasteiger partial charge in [0, 0.05) is 18.2 Å². The van der Waals surface area contributed by atoms with Gasteiger partial charge in [0.2, 0.25) is 0 Å². The first kappa shape index (κ1) is 13.6. The molecule has 1 N–H and O–H groups in total. The largest absolute Gasteiger partial charge is 0.496 e. The van der Waals surface area contributed by atoms with Crippen molar-refractivity contribution >= 4 is 0 Å². The molecule has 0 heterocycles. The predicted molar refractivity (Wildman–Crippen MR) is 79.4 cm³/mol. The number of hydrogen-bond donors (Lipinski definition) is 1. The lowest BCUT2D eigenvalue weighted by molar-refractivity contribution is 0.406. The molecule has 2 rings (SSSR count). The first-order valence-electron chi connectivity index (χ1n) is 6.63. The third-order valence-electron chi connectivity index (χ3n) is 3.45. The van der Waals surface area contributed by atoms with E-state index in [4.69, 9.17) is 4.74 Å². The van der Waals surface area contributed by atoms with Crippen molar-refractivity contribution in [2.45, 2.75) is 26.4 Å². The van der Waals surface area contributed by atoms with Crippen LogP contribution in [0.15, 0.2) is 48.5 Å². The summed E-state index contributed by atoms with van der Waals surface area (Å²) in [6.45, 7) is 5.15. The van der Waals surface area contributed by atoms with Crippen LogP contribution in [-0.2, 0) is 6.54 Å². The molecule has 19 heavy (non-hydrogen) atoms. The van der Waals surface area contributed by atoms with Crippen LogP contribution in [0.4, 0.5) is 0 Å². The SMILES string of the molecule is COc1ccccc1CNC(C)c1ccccc1C. The summed E-state index contributed by atoms with van der Waals surface area (Å²) in [6.07, 6.45) is 0. The molecule has 0 aliphatic carbocycles. The third kappa shape index (κ3) is 3.36. The monoisotopic (exact) mass is 255 g/mol. The van der Waals surface area contributed by atoms with Crippen molar-refractivity contribution in [1.29, 1.82) is 0 Å². The molecule has 1 unspecified atom stereocenters. The topological polar surface area (TPSA) is 21.3 Å². The van der Waals surface area contributed by atoms with E-state index in [1.807, 2.05) is 18.2 Å². The molecule has 0 aliphatic heterocycles. The summed E-state index contributed by atoms with van der Waals surface area (Å²) in [6, 6.07) is 16.9. The Morgan fingerprint density at radius 1 is 1.05 bits per heavy atom. The first-order valence-corrected chi connectivity index (χ1v) is 6.63. The Labute approximate surface area is 115 Å². The zero-order valence-electron chi connectivity index (χ0n) is 11.8. The molecule has 0 aromatic heterocycles. The average molecular weight is 255 g/mol. The Kier molecular flexibility index (Phi) is 4.58. The summed E-state index contributed by atoms with van der Waals surface area (Å²) in [5.41, 5.74) is 3.85. The molecule has 2 nitrogen and oxygen atoms in total. The minimum Gasteiger partial charge on any atom is -0.496 e. The molecule has 2 heteroatoms. The Morgan fingerprint density at radius 2 is 1.74 bits per heavy atom. The fourth-order valence-electron chi connectivity index (χ4n) is 2.29. The van der Waals surface area contributed by atoms with E-state index in [-0.39, 0.29) is 0 Å². The number of rotatable bonds is 5. The molecule has 0 spiro atoms. The van der Waals surface area contributed by atoms with E-state index in [1.54, 1.807) is 7.11 Å². The van der Waals surface area contributed by atoms with Gasteiger partial charge in [-0.25, -0.2) is 0 Å². The molecule has 0 aliphatic rings. The van der Waals surface area contributed by atoms with E-state index in [0.29, 0.717) is 6.04 Å². The highest BCUT2D eigenvalue weighted by Gasteiger charge is 2.08. The quantitative estimate of drug-likeness (QED) is 0.876. The standard InChI is InChI=1S/C17H21NO/c1-13-8-4-6-10-16(13)14(2)18-12-15-9-5-7-11-17(15)19-3/h4-11,14,18H,12H2,1-3H3. The highest BCUT2D eigenvalue weighted by Crippen LogP contribution is 2.20. The number of methoxy groups -OCH3 is 1. The molecule has 2 aromatic rings. The second kappa shape index (κ2) is 6.39. The smallest absolute Gasteiger partial charge is 0.123 e. The minimum absolute atomic E-state index is 0.325. The van der Waals surface area contributed by atoms with Crippen molar-refractivity contribution in [3.8, 4) is 5.75 Å². The van der Waals surface area contributed by atoms with Crippen molar-refractivity contribution < 1.29 is 4.74 Å². The normalized spacial score (nSPS) is 12.2. The van der Waals surface area contributed by atoms with Gasteiger partial charge in [0.15, 0.2) is 0 Å². The summed E-state index contributed by atoms with van der Waals surface area (Å²) < 4.78 is 5.37. The van der Waals surface area contributed by atoms with Crippen LogP contribution in [0.25, 0.3) is 0 Å². The predicted octanol–water partition coefficient (Wildman–Crippen LogP) is 3.85. The third-order valence-corrected chi connectivity index (χ3v) is 3.45. The molecule has 2 aromatic carbocycles. The number of aryl methyl sites for hydroxylation is 1. The van der Waals surface area contributed by atoms with Gasteiger partial charge in [-0.05, 0) is 31.0 Å². The number of para-hydroxylation sites is 1. The second-order valence-corrected chi connectivity index (χ2v) is 4.77. The molecular weight excluding hydrogens is 234 g/mol. The second-order valence-electron chi connectivity index (χ2n) is 4.77.